The first-order chi connectivity index (χ1) is 33.4. The molecule has 0 amide bonds. The first-order valence-electron chi connectivity index (χ1n) is 31.4. The molecule has 0 saturated carbocycles. The Morgan fingerprint density at radius 3 is 0.843 bits per heavy atom. The maximum Gasteiger partial charge on any atom is 0.310 e. The van der Waals surface area contributed by atoms with Crippen molar-refractivity contribution in [2.75, 3.05) is 13.1 Å². The molecule has 0 aliphatic carbocycles. The normalized spacial score (nSPS) is 18.7. The van der Waals surface area contributed by atoms with Gasteiger partial charge in [0.1, 0.15) is 0 Å². The zero-order valence-corrected chi connectivity index (χ0v) is 49.1. The highest BCUT2D eigenvalue weighted by Gasteiger charge is 2.61. The fraction of sp³-hybridized carbons (Fsp3) is 0.969. The van der Waals surface area contributed by atoms with Crippen molar-refractivity contribution < 1.29 is 19.8 Å². The number of hydrogen-bond donors (Lipinski definition) is 2. The Morgan fingerprint density at radius 2 is 0.600 bits per heavy atom. The van der Waals surface area contributed by atoms with Gasteiger partial charge in [0, 0.05) is 28.6 Å². The van der Waals surface area contributed by atoms with Crippen molar-refractivity contribution in [3.63, 3.8) is 0 Å². The summed E-state index contributed by atoms with van der Waals surface area (Å²) in [4.78, 5) is 31.2. The quantitative estimate of drug-likeness (QED) is 0.0592. The Kier molecular flexibility index (Phi) is 33.4. The van der Waals surface area contributed by atoms with Gasteiger partial charge < -0.3 is 10.2 Å². The molecule has 0 bridgehead atoms. The van der Waals surface area contributed by atoms with Crippen LogP contribution in [0.2, 0.25) is 0 Å². The van der Waals surface area contributed by atoms with Gasteiger partial charge in [0.25, 0.3) is 0 Å². The maximum absolute atomic E-state index is 14.5. The third-order valence-corrected chi connectivity index (χ3v) is 18.2. The summed E-state index contributed by atoms with van der Waals surface area (Å²) in [6, 6.07) is 0. The van der Waals surface area contributed by atoms with Gasteiger partial charge in [-0.05, 0) is 132 Å². The number of carbonyl (C=O) groups is 2. The minimum Gasteiger partial charge on any atom is -0.481 e. The molecule has 0 aromatic carbocycles. The SMILES string of the molecule is CCCCCCCCCCCCCCCCCCN1C(C)(C)CC(C(CCCCCCCC(=O)O)(C(=O)O)C2CC(C)(C)N(CCCCCCCCCCCCCCCCCC)C(C)(C)C2)CC1(C)C. The molecule has 0 aromatic rings. The third-order valence-electron chi connectivity index (χ3n) is 18.2. The van der Waals surface area contributed by atoms with Crippen LogP contribution in [0.3, 0.4) is 0 Å². The zero-order chi connectivity index (χ0) is 51.8. The molecule has 2 aliphatic rings. The monoisotopic (exact) mass is 985 g/mol. The molecule has 0 aromatic heterocycles. The van der Waals surface area contributed by atoms with Crippen LogP contribution in [0.1, 0.15) is 345 Å². The van der Waals surface area contributed by atoms with Crippen molar-refractivity contribution in [3.05, 3.63) is 0 Å². The van der Waals surface area contributed by atoms with Gasteiger partial charge in [-0.15, -0.1) is 0 Å². The molecule has 0 spiro atoms. The minimum atomic E-state index is -0.787. The summed E-state index contributed by atoms with van der Waals surface area (Å²) in [5.41, 5.74) is -1.13. The van der Waals surface area contributed by atoms with E-state index in [-0.39, 0.29) is 40.4 Å². The molecular weight excluding hydrogens is 861 g/mol. The molecule has 2 fully saturated rings. The first-order valence-corrected chi connectivity index (χ1v) is 31.4. The predicted octanol–water partition coefficient (Wildman–Crippen LogP) is 19.9. The second-order valence-electron chi connectivity index (χ2n) is 26.4. The molecule has 2 saturated heterocycles. The van der Waals surface area contributed by atoms with Crippen molar-refractivity contribution in [2.24, 2.45) is 17.3 Å². The third kappa shape index (κ3) is 24.9. The molecule has 2 rings (SSSR count). The minimum absolute atomic E-state index is 0.0849. The lowest BCUT2D eigenvalue weighted by Crippen LogP contribution is -2.67. The summed E-state index contributed by atoms with van der Waals surface area (Å²) in [7, 11) is 0. The highest BCUT2D eigenvalue weighted by molar-refractivity contribution is 5.76. The number of likely N-dealkylation sites (tertiary alicyclic amines) is 2. The van der Waals surface area contributed by atoms with Crippen LogP contribution in [0.15, 0.2) is 0 Å². The molecule has 414 valence electrons. The average Bonchev–Trinajstić information content (AvgIpc) is 3.27. The largest absolute Gasteiger partial charge is 0.481 e. The summed E-state index contributed by atoms with van der Waals surface area (Å²) in [6.45, 7) is 26.2. The number of nitrogens with zero attached hydrogens (tertiary/aromatic N) is 2. The van der Waals surface area contributed by atoms with Gasteiger partial charge in [-0.1, -0.05) is 232 Å². The summed E-state index contributed by atoms with van der Waals surface area (Å²) in [6.07, 6.45) is 53.4. The molecule has 6 nitrogen and oxygen atoms in total. The Bertz CT molecular complexity index is 1210. The van der Waals surface area contributed by atoms with Crippen LogP contribution in [0.25, 0.3) is 0 Å². The lowest BCUT2D eigenvalue weighted by atomic mass is 9.52. The zero-order valence-electron chi connectivity index (χ0n) is 49.1. The van der Waals surface area contributed by atoms with Crippen LogP contribution in [-0.2, 0) is 9.59 Å². The number of hydrogen-bond acceptors (Lipinski definition) is 4. The van der Waals surface area contributed by atoms with Crippen molar-refractivity contribution in [2.45, 2.75) is 367 Å². The Morgan fingerprint density at radius 1 is 0.371 bits per heavy atom. The molecule has 6 heteroatoms. The van der Waals surface area contributed by atoms with E-state index in [1.54, 1.807) is 0 Å². The van der Waals surface area contributed by atoms with E-state index in [2.05, 4.69) is 79.0 Å². The molecule has 2 N–H and O–H groups in total. The van der Waals surface area contributed by atoms with Crippen LogP contribution < -0.4 is 0 Å². The van der Waals surface area contributed by atoms with Crippen LogP contribution in [-0.4, -0.2) is 67.2 Å². The van der Waals surface area contributed by atoms with E-state index >= 15 is 0 Å². The van der Waals surface area contributed by atoms with Gasteiger partial charge in [-0.2, -0.15) is 0 Å². The topological polar surface area (TPSA) is 81.1 Å². The average molecular weight is 986 g/mol. The number of carboxylic acid groups (broad SMARTS) is 2. The van der Waals surface area contributed by atoms with E-state index in [0.717, 1.165) is 70.9 Å². The summed E-state index contributed by atoms with van der Waals surface area (Å²) in [5, 5.41) is 21.1. The van der Waals surface area contributed by atoms with E-state index in [1.807, 2.05) is 0 Å². The van der Waals surface area contributed by atoms with Crippen molar-refractivity contribution in [1.29, 1.82) is 0 Å². The lowest BCUT2D eigenvalue weighted by Gasteiger charge is -2.63. The second-order valence-corrected chi connectivity index (χ2v) is 26.4. The molecule has 0 atom stereocenters. The number of aliphatic carboxylic acids is 2. The van der Waals surface area contributed by atoms with E-state index in [4.69, 9.17) is 0 Å². The lowest BCUT2D eigenvalue weighted by molar-refractivity contribution is -0.179. The second kappa shape index (κ2) is 35.9. The Hall–Kier alpha value is -1.14. The number of rotatable bonds is 45. The molecule has 2 aliphatic heterocycles. The maximum atomic E-state index is 14.5. The highest BCUT2D eigenvalue weighted by Crippen LogP contribution is 2.58. The van der Waals surface area contributed by atoms with Crippen LogP contribution >= 0.6 is 0 Å². The van der Waals surface area contributed by atoms with Crippen LogP contribution in [0, 0.1) is 17.3 Å². The van der Waals surface area contributed by atoms with Gasteiger partial charge in [-0.3, -0.25) is 19.4 Å². The van der Waals surface area contributed by atoms with Gasteiger partial charge in [-0.25, -0.2) is 0 Å². The Labute approximate surface area is 437 Å². The van der Waals surface area contributed by atoms with Crippen LogP contribution in [0.4, 0.5) is 0 Å². The number of piperidine rings is 2. The fourth-order valence-corrected chi connectivity index (χ4v) is 14.6. The standard InChI is InChI=1S/C64H124N2O4/c1-11-13-15-17-19-21-23-25-27-29-31-33-35-37-42-46-50-65-60(3,4)52-56(53-61(65,5)6)64(59(69)70,49-45-41-39-40-44-48-58(67)68)57-54-62(7,8)66(63(9,10)55-57)51-47-43-38-36-34-32-30-28-26-24-22-20-18-16-14-12-2/h56-57H,11-55H2,1-10H3,(H,67,68)(H,69,70). The predicted molar refractivity (Wildman–Crippen MR) is 304 cm³/mol. The summed E-state index contributed by atoms with van der Waals surface area (Å²) in [5.74, 6) is -1.06. The van der Waals surface area contributed by atoms with Crippen molar-refractivity contribution in [1.82, 2.24) is 9.80 Å². The van der Waals surface area contributed by atoms with E-state index < -0.39 is 17.4 Å². The molecule has 2 heterocycles. The van der Waals surface area contributed by atoms with Crippen LogP contribution in [0.5, 0.6) is 0 Å². The van der Waals surface area contributed by atoms with Gasteiger partial charge in [0.05, 0.1) is 5.41 Å². The summed E-state index contributed by atoms with van der Waals surface area (Å²) < 4.78 is 0. The smallest absolute Gasteiger partial charge is 0.310 e. The molecule has 0 radical (unpaired) electrons. The van der Waals surface area contributed by atoms with Gasteiger partial charge in [0.15, 0.2) is 0 Å². The van der Waals surface area contributed by atoms with E-state index in [1.165, 1.54) is 205 Å². The fourth-order valence-electron chi connectivity index (χ4n) is 14.6. The van der Waals surface area contributed by atoms with E-state index in [0.29, 0.717) is 6.42 Å². The first kappa shape index (κ1) is 65.0. The highest BCUT2D eigenvalue weighted by atomic mass is 16.4. The molecular formula is C64H124N2O4. The Balaban J connectivity index is 2.00. The number of unbranched alkanes of at least 4 members (excludes halogenated alkanes) is 34. The van der Waals surface area contributed by atoms with Gasteiger partial charge in [0.2, 0.25) is 0 Å². The van der Waals surface area contributed by atoms with E-state index in [9.17, 15) is 19.8 Å². The van der Waals surface area contributed by atoms with Gasteiger partial charge >= 0.3 is 11.9 Å². The number of carboxylic acids is 2. The van der Waals surface area contributed by atoms with Crippen molar-refractivity contribution >= 4 is 11.9 Å². The molecule has 0 unspecified atom stereocenters. The molecule has 70 heavy (non-hydrogen) atoms. The summed E-state index contributed by atoms with van der Waals surface area (Å²) >= 11 is 0. The van der Waals surface area contributed by atoms with Crippen molar-refractivity contribution in [3.8, 4) is 0 Å².